The first kappa shape index (κ1) is 64.5. The Kier molecular flexibility index (Phi) is 39.3. The Hall–Kier alpha value is -4.74. The van der Waals surface area contributed by atoms with Gasteiger partial charge in [0.2, 0.25) is 5.41 Å². The molecule has 0 heterocycles. The molecule has 0 aliphatic heterocycles. The van der Waals surface area contributed by atoms with E-state index in [4.69, 9.17) is 42.6 Å². The molecular weight excluding hydrogens is 841 g/mol. The van der Waals surface area contributed by atoms with Gasteiger partial charge in [-0.1, -0.05) is 63.8 Å². The summed E-state index contributed by atoms with van der Waals surface area (Å²) in [5.74, 6) is -4.79. The molecule has 0 N–H and O–H groups in total. The third-order valence-corrected chi connectivity index (χ3v) is 9.41. The summed E-state index contributed by atoms with van der Waals surface area (Å²) in [4.78, 5) is 68.6. The molecule has 15 nitrogen and oxygen atoms in total. The van der Waals surface area contributed by atoms with Gasteiger partial charge in [0.15, 0.2) is 23.1 Å². The first-order valence-electron chi connectivity index (χ1n) is 21.1. The van der Waals surface area contributed by atoms with Crippen LogP contribution >= 0.6 is 0 Å². The lowest BCUT2D eigenvalue weighted by Gasteiger charge is -2.35. The maximum absolute atomic E-state index is 11.7. The Labute approximate surface area is 388 Å². The summed E-state index contributed by atoms with van der Waals surface area (Å²) in [7, 11) is 9.95. The molecule has 0 aliphatic rings. The van der Waals surface area contributed by atoms with E-state index in [0.29, 0.717) is 66.1 Å². The molecule has 0 bridgehead atoms. The van der Waals surface area contributed by atoms with Gasteiger partial charge < -0.3 is 42.6 Å². The molecule has 0 aromatic heterocycles. The zero-order valence-corrected chi connectivity index (χ0v) is 40.2. The van der Waals surface area contributed by atoms with Gasteiger partial charge in [0.05, 0.1) is 76.9 Å². The lowest BCUT2D eigenvalue weighted by atomic mass is 9.71. The van der Waals surface area contributed by atoms with Crippen molar-refractivity contribution in [2.45, 2.75) is 57.8 Å². The Balaban J connectivity index is -0.000000903. The highest BCUT2D eigenvalue weighted by molar-refractivity contribution is 6.45. The van der Waals surface area contributed by atoms with E-state index >= 15 is 0 Å². The number of esters is 2. The molecular formula is C50H78O15. The molecule has 368 valence electrons. The fraction of sp³-hybridized carbons (Fsp3) is 0.560. The van der Waals surface area contributed by atoms with Crippen LogP contribution in [0.1, 0.15) is 57.8 Å². The van der Waals surface area contributed by atoms with Crippen LogP contribution in [0.5, 0.6) is 0 Å². The van der Waals surface area contributed by atoms with Crippen LogP contribution in [-0.4, -0.2) is 144 Å². The number of rotatable bonds is 40. The first-order chi connectivity index (χ1) is 31.0. The molecule has 0 radical (unpaired) electrons. The summed E-state index contributed by atoms with van der Waals surface area (Å²) in [6.45, 7) is 32.3. The smallest absolute Gasteiger partial charge is 0.330 e. The van der Waals surface area contributed by atoms with E-state index < -0.39 is 28.5 Å². The molecule has 0 aliphatic carbocycles. The first-order valence-corrected chi connectivity index (χ1v) is 21.1. The quantitative estimate of drug-likeness (QED) is 0.0203. The fourth-order valence-corrected chi connectivity index (χ4v) is 6.46. The minimum atomic E-state index is -2.49. The van der Waals surface area contributed by atoms with E-state index in [1.165, 1.54) is 23.3 Å². The van der Waals surface area contributed by atoms with Gasteiger partial charge in [-0.2, -0.15) is 0 Å². The van der Waals surface area contributed by atoms with Crippen molar-refractivity contribution in [1.29, 1.82) is 0 Å². The van der Waals surface area contributed by atoms with Gasteiger partial charge in [-0.3, -0.25) is 19.2 Å². The highest BCUT2D eigenvalue weighted by atomic mass is 16.5. The molecule has 0 unspecified atom stereocenters. The van der Waals surface area contributed by atoms with Crippen LogP contribution < -0.4 is 0 Å². The van der Waals surface area contributed by atoms with Gasteiger partial charge in [0.25, 0.3) is 0 Å². The fourth-order valence-electron chi connectivity index (χ4n) is 6.46. The Morgan fingerprint density at radius 3 is 0.908 bits per heavy atom. The summed E-state index contributed by atoms with van der Waals surface area (Å²) >= 11 is 0. The predicted molar refractivity (Wildman–Crippen MR) is 252 cm³/mol. The molecule has 15 heteroatoms. The number of allylic oxidation sites excluding steroid dienone is 6. The highest BCUT2D eigenvalue weighted by Gasteiger charge is 2.53. The standard InChI is InChI=1S/C21H32O4.C16H34O7.C13H12O4/c1-5-20(22)24-15-11-7-9-13-18(3)17-19(4)14-10-8-12-16-25-21(23)6-2;1-17-7-15(8-18-2,9-19-3)13-23-14-16(10-20-4,11-21-5)12-22-6;1-5-9(14)13(10(15)6-2,11(16)7-3)12(17)8-4/h5-6H,1-4,7-17H2;7-14H2,1-6H3;5-8H,1-4H2. The zero-order valence-electron chi connectivity index (χ0n) is 40.2. The minimum Gasteiger partial charge on any atom is -0.463 e. The van der Waals surface area contributed by atoms with E-state index in [0.717, 1.165) is 82.1 Å². The predicted octanol–water partition coefficient (Wildman–Crippen LogP) is 6.92. The zero-order chi connectivity index (χ0) is 50.2. The number of ether oxygens (including phenoxy) is 9. The van der Waals surface area contributed by atoms with Crippen molar-refractivity contribution in [3.63, 3.8) is 0 Å². The SMILES string of the molecule is C=CC(=O)C(C(=O)C=C)(C(=O)C=C)C(=O)C=C.C=CC(=O)OCCCCCC(=C)CC(=C)CCCCCOC(=O)C=C.COCC(COC)(COC)COCC(COC)(COC)COC. The second-order valence-corrected chi connectivity index (χ2v) is 15.2. The van der Waals surface area contributed by atoms with E-state index in [-0.39, 0.29) is 22.8 Å². The lowest BCUT2D eigenvalue weighted by molar-refractivity contribution is -0.148. The average molecular weight is 919 g/mol. The minimum absolute atomic E-state index is 0.350. The summed E-state index contributed by atoms with van der Waals surface area (Å²) in [5, 5.41) is 0. The van der Waals surface area contributed by atoms with Crippen molar-refractivity contribution < 1.29 is 71.4 Å². The van der Waals surface area contributed by atoms with Gasteiger partial charge in [-0.25, -0.2) is 9.59 Å². The average Bonchev–Trinajstić information content (AvgIpc) is 3.29. The summed E-state index contributed by atoms with van der Waals surface area (Å²) in [6, 6.07) is 0. The molecule has 0 rings (SSSR count). The molecule has 0 atom stereocenters. The van der Waals surface area contributed by atoms with Crippen LogP contribution in [0.2, 0.25) is 0 Å². The largest absolute Gasteiger partial charge is 0.463 e. The Bertz CT molecular complexity index is 1340. The van der Waals surface area contributed by atoms with Crippen molar-refractivity contribution in [2.24, 2.45) is 16.2 Å². The number of carbonyl (C=O) groups is 6. The topological polar surface area (TPSA) is 185 Å². The second-order valence-electron chi connectivity index (χ2n) is 15.2. The molecule has 0 saturated heterocycles. The third kappa shape index (κ3) is 26.7. The second kappa shape index (κ2) is 39.6. The van der Waals surface area contributed by atoms with Crippen molar-refractivity contribution >= 4 is 35.1 Å². The van der Waals surface area contributed by atoms with Crippen LogP contribution in [0.4, 0.5) is 0 Å². The molecule has 0 amide bonds. The van der Waals surface area contributed by atoms with Crippen molar-refractivity contribution in [3.05, 3.63) is 100 Å². The van der Waals surface area contributed by atoms with Crippen LogP contribution in [0.3, 0.4) is 0 Å². The molecule has 0 aromatic carbocycles. The van der Waals surface area contributed by atoms with Crippen LogP contribution in [0.15, 0.2) is 100 Å². The van der Waals surface area contributed by atoms with Crippen molar-refractivity contribution in [2.75, 3.05) is 109 Å². The van der Waals surface area contributed by atoms with Gasteiger partial charge in [0, 0.05) is 54.8 Å². The lowest BCUT2D eigenvalue weighted by Crippen LogP contribution is -2.50. The maximum Gasteiger partial charge on any atom is 0.330 e. The monoisotopic (exact) mass is 919 g/mol. The van der Waals surface area contributed by atoms with Gasteiger partial charge in [0.1, 0.15) is 0 Å². The van der Waals surface area contributed by atoms with Crippen molar-refractivity contribution in [1.82, 2.24) is 0 Å². The number of methoxy groups -OCH3 is 6. The molecule has 0 fully saturated rings. The van der Waals surface area contributed by atoms with Gasteiger partial charge in [-0.05, 0) is 82.1 Å². The normalized spacial score (nSPS) is 10.9. The third-order valence-electron chi connectivity index (χ3n) is 9.41. The van der Waals surface area contributed by atoms with E-state index in [1.807, 2.05) is 0 Å². The van der Waals surface area contributed by atoms with Crippen LogP contribution in [0, 0.1) is 16.2 Å². The number of carbonyl (C=O) groups excluding carboxylic acids is 6. The molecule has 0 spiro atoms. The van der Waals surface area contributed by atoms with Crippen LogP contribution in [-0.2, 0) is 71.4 Å². The summed E-state index contributed by atoms with van der Waals surface area (Å²) in [5.41, 5.74) is -0.789. The van der Waals surface area contributed by atoms with E-state index in [1.54, 1.807) is 42.7 Å². The van der Waals surface area contributed by atoms with Gasteiger partial charge in [-0.15, -0.1) is 0 Å². The number of hydrogen-bond acceptors (Lipinski definition) is 15. The molecule has 0 aromatic rings. The molecule has 65 heavy (non-hydrogen) atoms. The summed E-state index contributed by atoms with van der Waals surface area (Å²) < 4.78 is 47.8. The Morgan fingerprint density at radius 1 is 0.400 bits per heavy atom. The number of unbranched alkanes of at least 4 members (excludes halogenated alkanes) is 4. The Morgan fingerprint density at radius 2 is 0.677 bits per heavy atom. The van der Waals surface area contributed by atoms with E-state index in [2.05, 4.69) is 52.6 Å². The number of hydrogen-bond donors (Lipinski definition) is 0. The van der Waals surface area contributed by atoms with Gasteiger partial charge >= 0.3 is 11.9 Å². The van der Waals surface area contributed by atoms with Crippen LogP contribution in [0.25, 0.3) is 0 Å². The molecule has 0 saturated carbocycles. The van der Waals surface area contributed by atoms with Crippen molar-refractivity contribution in [3.8, 4) is 0 Å². The highest BCUT2D eigenvalue weighted by Crippen LogP contribution is 2.27. The summed E-state index contributed by atoms with van der Waals surface area (Å²) in [6.07, 6.45) is 14.0. The number of ketones is 4. The maximum atomic E-state index is 11.7. The van der Waals surface area contributed by atoms with E-state index in [9.17, 15) is 28.8 Å².